The van der Waals surface area contributed by atoms with Crippen LogP contribution in [0.5, 0.6) is 0 Å². The van der Waals surface area contributed by atoms with E-state index < -0.39 is 11.5 Å². The van der Waals surface area contributed by atoms with E-state index in [0.29, 0.717) is 24.9 Å². The molecular formula is C15H30N2O3. The molecule has 0 radical (unpaired) electrons. The summed E-state index contributed by atoms with van der Waals surface area (Å²) in [5.41, 5.74) is -1.25. The van der Waals surface area contributed by atoms with Crippen molar-refractivity contribution in [3.05, 3.63) is 0 Å². The third-order valence-corrected chi connectivity index (χ3v) is 3.19. The molecule has 5 heteroatoms. The molecule has 0 heterocycles. The van der Waals surface area contributed by atoms with Gasteiger partial charge in [0.2, 0.25) is 0 Å². The molecule has 0 aliphatic rings. The lowest BCUT2D eigenvalue weighted by atomic mass is 10.1. The highest BCUT2D eigenvalue weighted by Crippen LogP contribution is 2.09. The Morgan fingerprint density at radius 1 is 1.05 bits per heavy atom. The van der Waals surface area contributed by atoms with E-state index in [0.717, 1.165) is 12.8 Å². The molecule has 118 valence electrons. The first-order valence-corrected chi connectivity index (χ1v) is 7.36. The molecule has 0 saturated heterocycles. The average molecular weight is 286 g/mol. The quantitative estimate of drug-likeness (QED) is 0.720. The van der Waals surface area contributed by atoms with Crippen LogP contribution in [0.4, 0.5) is 4.79 Å². The smallest absolute Gasteiger partial charge is 0.328 e. The van der Waals surface area contributed by atoms with Gasteiger partial charge in [0.15, 0.2) is 0 Å². The molecule has 2 N–H and O–H groups in total. The van der Waals surface area contributed by atoms with E-state index >= 15 is 0 Å². The highest BCUT2D eigenvalue weighted by Gasteiger charge is 2.30. The van der Waals surface area contributed by atoms with Crippen molar-refractivity contribution in [3.8, 4) is 0 Å². The molecule has 0 spiro atoms. The van der Waals surface area contributed by atoms with Crippen LogP contribution in [0.1, 0.15) is 54.4 Å². The van der Waals surface area contributed by atoms with Crippen LogP contribution in [0, 0.1) is 11.8 Å². The van der Waals surface area contributed by atoms with Crippen LogP contribution in [-0.2, 0) is 4.79 Å². The predicted molar refractivity (Wildman–Crippen MR) is 80.7 cm³/mol. The second kappa shape index (κ2) is 8.12. The van der Waals surface area contributed by atoms with Gasteiger partial charge in [-0.05, 0) is 38.5 Å². The third kappa shape index (κ3) is 7.36. The van der Waals surface area contributed by atoms with Crippen molar-refractivity contribution in [1.82, 2.24) is 10.2 Å². The minimum Gasteiger partial charge on any atom is -0.480 e. The number of carbonyl (C=O) groups excluding carboxylic acids is 1. The summed E-state index contributed by atoms with van der Waals surface area (Å²) in [6, 6.07) is -0.293. The Bertz CT molecular complexity index is 313. The predicted octanol–water partition coefficient (Wildman–Crippen LogP) is 2.95. The average Bonchev–Trinajstić information content (AvgIpc) is 2.26. The van der Waals surface area contributed by atoms with Crippen LogP contribution in [0.3, 0.4) is 0 Å². The van der Waals surface area contributed by atoms with Crippen molar-refractivity contribution >= 4 is 12.0 Å². The van der Waals surface area contributed by atoms with Gasteiger partial charge in [-0.2, -0.15) is 0 Å². The SMILES string of the molecule is CC(C)CCN(CCC(C)C)C(=O)NC(C)(C)C(=O)O. The second-order valence-electron chi connectivity index (χ2n) is 6.71. The lowest BCUT2D eigenvalue weighted by Gasteiger charge is -2.29. The zero-order valence-electron chi connectivity index (χ0n) is 13.7. The maximum Gasteiger partial charge on any atom is 0.328 e. The van der Waals surface area contributed by atoms with E-state index in [1.807, 2.05) is 0 Å². The summed E-state index contributed by atoms with van der Waals surface area (Å²) < 4.78 is 0. The number of aliphatic carboxylic acids is 1. The van der Waals surface area contributed by atoms with Gasteiger partial charge in [0.1, 0.15) is 5.54 Å². The van der Waals surface area contributed by atoms with Crippen molar-refractivity contribution in [2.75, 3.05) is 13.1 Å². The van der Waals surface area contributed by atoms with Crippen LogP contribution < -0.4 is 5.32 Å². The number of rotatable bonds is 8. The number of nitrogens with zero attached hydrogens (tertiary/aromatic N) is 1. The Balaban J connectivity index is 4.65. The summed E-state index contributed by atoms with van der Waals surface area (Å²) in [4.78, 5) is 25.0. The third-order valence-electron chi connectivity index (χ3n) is 3.19. The molecule has 0 atom stereocenters. The van der Waals surface area contributed by atoms with E-state index in [1.165, 1.54) is 13.8 Å². The summed E-state index contributed by atoms with van der Waals surface area (Å²) >= 11 is 0. The van der Waals surface area contributed by atoms with Gasteiger partial charge in [-0.1, -0.05) is 27.7 Å². The lowest BCUT2D eigenvalue weighted by Crippen LogP contribution is -2.54. The van der Waals surface area contributed by atoms with Crippen LogP contribution in [0.2, 0.25) is 0 Å². The molecule has 0 aromatic rings. The number of carboxylic acid groups (broad SMARTS) is 1. The fourth-order valence-electron chi connectivity index (χ4n) is 1.54. The van der Waals surface area contributed by atoms with Gasteiger partial charge < -0.3 is 15.3 Å². The molecule has 0 rings (SSSR count). The van der Waals surface area contributed by atoms with E-state index in [9.17, 15) is 9.59 Å². The standard InChI is InChI=1S/C15H30N2O3/c1-11(2)7-9-17(10-8-12(3)4)14(20)16-15(5,6)13(18)19/h11-12H,7-10H2,1-6H3,(H,16,20)(H,18,19). The highest BCUT2D eigenvalue weighted by molar-refractivity contribution is 5.85. The van der Waals surface area contributed by atoms with Gasteiger partial charge in [0.05, 0.1) is 0 Å². The van der Waals surface area contributed by atoms with Gasteiger partial charge in [-0.3, -0.25) is 0 Å². The van der Waals surface area contributed by atoms with Crippen molar-refractivity contribution in [3.63, 3.8) is 0 Å². The molecule has 0 saturated carbocycles. The number of urea groups is 1. The summed E-state index contributed by atoms with van der Waals surface area (Å²) in [6.45, 7) is 12.8. The number of carbonyl (C=O) groups is 2. The minimum atomic E-state index is -1.25. The fraction of sp³-hybridized carbons (Fsp3) is 0.867. The number of hydrogen-bond donors (Lipinski definition) is 2. The van der Waals surface area contributed by atoms with Crippen molar-refractivity contribution in [2.24, 2.45) is 11.8 Å². The molecule has 0 aliphatic carbocycles. The van der Waals surface area contributed by atoms with Crippen molar-refractivity contribution < 1.29 is 14.7 Å². The number of amides is 2. The fourth-order valence-corrected chi connectivity index (χ4v) is 1.54. The molecule has 0 fully saturated rings. The zero-order valence-corrected chi connectivity index (χ0v) is 13.7. The highest BCUT2D eigenvalue weighted by atomic mass is 16.4. The molecule has 0 bridgehead atoms. The monoisotopic (exact) mass is 286 g/mol. The Labute approximate surface area is 122 Å². The van der Waals surface area contributed by atoms with Crippen molar-refractivity contribution in [2.45, 2.75) is 59.9 Å². The van der Waals surface area contributed by atoms with Gasteiger partial charge in [-0.25, -0.2) is 9.59 Å². The molecule has 20 heavy (non-hydrogen) atoms. The van der Waals surface area contributed by atoms with Gasteiger partial charge >= 0.3 is 12.0 Å². The summed E-state index contributed by atoms with van der Waals surface area (Å²) in [5, 5.41) is 11.7. The van der Waals surface area contributed by atoms with E-state index in [4.69, 9.17) is 5.11 Å². The van der Waals surface area contributed by atoms with Crippen LogP contribution in [0.25, 0.3) is 0 Å². The first kappa shape index (κ1) is 18.7. The van der Waals surface area contributed by atoms with Crippen LogP contribution in [-0.4, -0.2) is 40.6 Å². The summed E-state index contributed by atoms with van der Waals surface area (Å²) in [7, 11) is 0. The first-order chi connectivity index (χ1) is 9.06. The Morgan fingerprint density at radius 3 is 1.75 bits per heavy atom. The van der Waals surface area contributed by atoms with E-state index in [2.05, 4.69) is 33.0 Å². The zero-order chi connectivity index (χ0) is 15.9. The number of nitrogens with one attached hydrogen (secondary N) is 1. The second-order valence-corrected chi connectivity index (χ2v) is 6.71. The first-order valence-electron chi connectivity index (χ1n) is 7.36. The van der Waals surface area contributed by atoms with E-state index in [1.54, 1.807) is 4.90 Å². The van der Waals surface area contributed by atoms with Crippen molar-refractivity contribution in [1.29, 1.82) is 0 Å². The molecule has 0 aromatic heterocycles. The Hall–Kier alpha value is -1.26. The number of carboxylic acids is 1. The van der Waals surface area contributed by atoms with Crippen LogP contribution >= 0.6 is 0 Å². The maximum absolute atomic E-state index is 12.2. The Morgan fingerprint density at radius 2 is 1.45 bits per heavy atom. The minimum absolute atomic E-state index is 0.293. The molecule has 0 aliphatic heterocycles. The van der Waals surface area contributed by atoms with Gasteiger partial charge in [-0.15, -0.1) is 0 Å². The molecule has 5 nitrogen and oxygen atoms in total. The molecule has 2 amide bonds. The van der Waals surface area contributed by atoms with Gasteiger partial charge in [0.25, 0.3) is 0 Å². The Kier molecular flexibility index (Phi) is 7.61. The maximum atomic E-state index is 12.2. The van der Waals surface area contributed by atoms with Crippen LogP contribution in [0.15, 0.2) is 0 Å². The van der Waals surface area contributed by atoms with Gasteiger partial charge in [0, 0.05) is 13.1 Å². The summed E-state index contributed by atoms with van der Waals surface area (Å²) in [6.07, 6.45) is 1.83. The normalized spacial score (nSPS) is 11.8. The lowest BCUT2D eigenvalue weighted by molar-refractivity contribution is -0.143. The molecule has 0 unspecified atom stereocenters. The largest absolute Gasteiger partial charge is 0.480 e. The van der Waals surface area contributed by atoms with E-state index in [-0.39, 0.29) is 6.03 Å². The molecular weight excluding hydrogens is 256 g/mol. The number of hydrogen-bond acceptors (Lipinski definition) is 2. The summed E-state index contributed by atoms with van der Waals surface area (Å²) in [5.74, 6) is -0.00723. The topological polar surface area (TPSA) is 69.6 Å². The molecule has 0 aromatic carbocycles.